The Kier molecular flexibility index (Phi) is 6.06. The Morgan fingerprint density at radius 1 is 1.20 bits per heavy atom. The molecule has 0 spiro atoms. The van der Waals surface area contributed by atoms with Crippen molar-refractivity contribution in [2.75, 3.05) is 12.4 Å². The maximum atomic E-state index is 13.0. The Balaban J connectivity index is 1.99. The molecule has 0 unspecified atom stereocenters. The molecule has 1 aliphatic rings. The molecule has 6 nitrogen and oxygen atoms in total. The molecule has 1 heterocycles. The van der Waals surface area contributed by atoms with Gasteiger partial charge in [-0.25, -0.2) is 4.79 Å². The van der Waals surface area contributed by atoms with Crippen molar-refractivity contribution in [3.63, 3.8) is 0 Å². The van der Waals surface area contributed by atoms with Crippen LogP contribution in [0.5, 0.6) is 5.75 Å². The maximum absolute atomic E-state index is 13.0. The van der Waals surface area contributed by atoms with Gasteiger partial charge in [0.1, 0.15) is 5.75 Å². The van der Waals surface area contributed by atoms with Crippen molar-refractivity contribution >= 4 is 33.6 Å². The van der Waals surface area contributed by atoms with Gasteiger partial charge in [-0.1, -0.05) is 22.0 Å². The van der Waals surface area contributed by atoms with Gasteiger partial charge in [0.25, 0.3) is 5.91 Å². The summed E-state index contributed by atoms with van der Waals surface area (Å²) in [5.74, 6) is -0.228. The van der Waals surface area contributed by atoms with Gasteiger partial charge in [0, 0.05) is 21.4 Å². The first-order valence-corrected chi connectivity index (χ1v) is 9.49. The summed E-state index contributed by atoms with van der Waals surface area (Å²) in [7, 11) is 1.45. The maximum Gasteiger partial charge on any atom is 0.416 e. The number of urea groups is 1. The molecule has 0 fully saturated rings. The number of carbonyl (C=O) groups is 2. The molecule has 0 aliphatic carbocycles. The van der Waals surface area contributed by atoms with Gasteiger partial charge in [-0.05, 0) is 43.3 Å². The Hall–Kier alpha value is -3.01. The number of rotatable bonds is 4. The van der Waals surface area contributed by atoms with Crippen molar-refractivity contribution in [2.24, 2.45) is 0 Å². The summed E-state index contributed by atoms with van der Waals surface area (Å²) >= 11 is 3.35. The number of amides is 3. The minimum absolute atomic E-state index is 0.0213. The molecule has 0 bridgehead atoms. The molecule has 10 heteroatoms. The molecule has 0 saturated heterocycles. The molecule has 0 aromatic heterocycles. The number of hydrogen-bond acceptors (Lipinski definition) is 3. The monoisotopic (exact) mass is 483 g/mol. The number of carbonyl (C=O) groups excluding carboxylic acids is 2. The van der Waals surface area contributed by atoms with E-state index in [-0.39, 0.29) is 17.0 Å². The number of halogens is 4. The molecular weight excluding hydrogens is 467 g/mol. The lowest BCUT2D eigenvalue weighted by Crippen LogP contribution is -2.46. The van der Waals surface area contributed by atoms with Crippen LogP contribution in [0, 0.1) is 0 Å². The van der Waals surface area contributed by atoms with Crippen LogP contribution >= 0.6 is 15.9 Å². The number of hydrogen-bond donors (Lipinski definition) is 3. The number of methoxy groups -OCH3 is 1. The first-order chi connectivity index (χ1) is 14.1. The zero-order valence-corrected chi connectivity index (χ0v) is 17.4. The average Bonchev–Trinajstić information content (AvgIpc) is 2.66. The van der Waals surface area contributed by atoms with E-state index >= 15 is 0 Å². The van der Waals surface area contributed by atoms with Gasteiger partial charge < -0.3 is 20.7 Å². The molecule has 30 heavy (non-hydrogen) atoms. The van der Waals surface area contributed by atoms with E-state index in [1.165, 1.54) is 26.2 Å². The number of allylic oxidation sites excluding steroid dienone is 1. The van der Waals surface area contributed by atoms with E-state index in [0.717, 1.165) is 12.1 Å². The van der Waals surface area contributed by atoms with E-state index < -0.39 is 29.7 Å². The van der Waals surface area contributed by atoms with Crippen molar-refractivity contribution < 1.29 is 27.5 Å². The van der Waals surface area contributed by atoms with E-state index in [1.807, 2.05) is 0 Å². The third-order valence-corrected chi connectivity index (χ3v) is 4.96. The highest BCUT2D eigenvalue weighted by molar-refractivity contribution is 9.10. The summed E-state index contributed by atoms with van der Waals surface area (Å²) in [6, 6.07) is 8.03. The van der Waals surface area contributed by atoms with Crippen molar-refractivity contribution in [2.45, 2.75) is 19.1 Å². The number of alkyl halides is 3. The highest BCUT2D eigenvalue weighted by Gasteiger charge is 2.34. The molecule has 1 atom stereocenters. The fraction of sp³-hybridized carbons (Fsp3) is 0.200. The van der Waals surface area contributed by atoms with Crippen LogP contribution in [0.1, 0.15) is 24.1 Å². The van der Waals surface area contributed by atoms with E-state index in [9.17, 15) is 22.8 Å². The average molecular weight is 484 g/mol. The third-order valence-electron chi connectivity index (χ3n) is 4.46. The third kappa shape index (κ3) is 4.59. The molecule has 3 amide bonds. The van der Waals surface area contributed by atoms with Crippen LogP contribution in [0.3, 0.4) is 0 Å². The van der Waals surface area contributed by atoms with Crippen molar-refractivity contribution in [1.29, 1.82) is 0 Å². The minimum Gasteiger partial charge on any atom is -0.496 e. The van der Waals surface area contributed by atoms with Crippen LogP contribution in [-0.4, -0.2) is 19.0 Å². The van der Waals surface area contributed by atoms with Gasteiger partial charge in [0.15, 0.2) is 0 Å². The number of nitrogens with one attached hydrogen (secondary N) is 3. The smallest absolute Gasteiger partial charge is 0.416 e. The lowest BCUT2D eigenvalue weighted by Gasteiger charge is -2.29. The van der Waals surface area contributed by atoms with Crippen LogP contribution in [0.2, 0.25) is 0 Å². The predicted octanol–water partition coefficient (Wildman–Crippen LogP) is 4.74. The zero-order chi connectivity index (χ0) is 22.1. The fourth-order valence-corrected chi connectivity index (χ4v) is 3.51. The highest BCUT2D eigenvalue weighted by Crippen LogP contribution is 2.36. The van der Waals surface area contributed by atoms with Crippen LogP contribution < -0.4 is 20.7 Å². The van der Waals surface area contributed by atoms with Gasteiger partial charge in [0.2, 0.25) is 0 Å². The van der Waals surface area contributed by atoms with Gasteiger partial charge in [-0.15, -0.1) is 0 Å². The van der Waals surface area contributed by atoms with E-state index in [0.29, 0.717) is 15.8 Å². The Morgan fingerprint density at radius 3 is 2.60 bits per heavy atom. The molecule has 3 rings (SSSR count). The van der Waals surface area contributed by atoms with Gasteiger partial charge in [-0.2, -0.15) is 13.2 Å². The second-order valence-corrected chi connectivity index (χ2v) is 7.40. The topological polar surface area (TPSA) is 79.5 Å². The summed E-state index contributed by atoms with van der Waals surface area (Å²) in [6.45, 7) is 1.54. The van der Waals surface area contributed by atoms with E-state index in [1.54, 1.807) is 18.2 Å². The highest BCUT2D eigenvalue weighted by atomic mass is 79.9. The quantitative estimate of drug-likeness (QED) is 0.587. The lowest BCUT2D eigenvalue weighted by atomic mass is 9.94. The van der Waals surface area contributed by atoms with Crippen molar-refractivity contribution in [1.82, 2.24) is 10.6 Å². The summed E-state index contributed by atoms with van der Waals surface area (Å²) in [5.41, 5.74) is 0.0206. The number of anilines is 1. The molecule has 0 radical (unpaired) electrons. The fourth-order valence-electron chi connectivity index (χ4n) is 3.13. The standard InChI is InChI=1S/C20H17BrF3N3O3/c1-10-16(18(28)26-13-5-3-4-11(8-13)20(22,23)24)17(27-19(29)25-10)14-9-12(21)6-7-15(14)30-2/h3-9,17H,1-2H3,(H,26,28)(H2,25,27,29)/t17-/m0/s1. The number of benzene rings is 2. The summed E-state index contributed by atoms with van der Waals surface area (Å²) < 4.78 is 45.0. The van der Waals surface area contributed by atoms with Crippen LogP contribution in [-0.2, 0) is 11.0 Å². The number of ether oxygens (including phenoxy) is 1. The largest absolute Gasteiger partial charge is 0.496 e. The Bertz CT molecular complexity index is 1040. The second-order valence-electron chi connectivity index (χ2n) is 6.49. The van der Waals surface area contributed by atoms with Crippen LogP contribution in [0.15, 0.2) is 58.2 Å². The molecular formula is C20H17BrF3N3O3. The Morgan fingerprint density at radius 2 is 1.93 bits per heavy atom. The molecule has 2 aromatic carbocycles. The second kappa shape index (κ2) is 8.39. The van der Waals surface area contributed by atoms with Crippen LogP contribution in [0.25, 0.3) is 0 Å². The van der Waals surface area contributed by atoms with E-state index in [2.05, 4.69) is 31.9 Å². The van der Waals surface area contributed by atoms with Gasteiger partial charge in [0.05, 0.1) is 24.3 Å². The van der Waals surface area contributed by atoms with Gasteiger partial charge in [-0.3, -0.25) is 4.79 Å². The first kappa shape index (κ1) is 21.7. The molecule has 3 N–H and O–H groups in total. The molecule has 158 valence electrons. The Labute approximate surface area is 178 Å². The summed E-state index contributed by atoms with van der Waals surface area (Å²) in [4.78, 5) is 25.1. The summed E-state index contributed by atoms with van der Waals surface area (Å²) in [6.07, 6.45) is -4.54. The SMILES string of the molecule is COc1ccc(Br)cc1[C@@H]1NC(=O)NC(C)=C1C(=O)Nc1cccc(C(F)(F)F)c1. The molecule has 2 aromatic rings. The molecule has 1 aliphatic heterocycles. The van der Waals surface area contributed by atoms with Crippen LogP contribution in [0.4, 0.5) is 23.7 Å². The van der Waals surface area contributed by atoms with E-state index in [4.69, 9.17) is 4.74 Å². The van der Waals surface area contributed by atoms with Gasteiger partial charge >= 0.3 is 12.2 Å². The first-order valence-electron chi connectivity index (χ1n) is 8.70. The van der Waals surface area contributed by atoms with Crippen molar-refractivity contribution in [3.05, 3.63) is 69.3 Å². The molecule has 0 saturated carbocycles. The van der Waals surface area contributed by atoms with Crippen molar-refractivity contribution in [3.8, 4) is 5.75 Å². The zero-order valence-electron chi connectivity index (χ0n) is 15.9. The predicted molar refractivity (Wildman–Crippen MR) is 108 cm³/mol. The normalized spacial score (nSPS) is 16.6. The lowest BCUT2D eigenvalue weighted by molar-refractivity contribution is -0.137. The summed E-state index contributed by atoms with van der Waals surface area (Å²) in [5, 5.41) is 7.67. The minimum atomic E-state index is -4.54.